The predicted octanol–water partition coefficient (Wildman–Crippen LogP) is 3.45. The van der Waals surface area contributed by atoms with Gasteiger partial charge in [0.2, 0.25) is 5.91 Å². The summed E-state index contributed by atoms with van der Waals surface area (Å²) in [6, 6.07) is 13.3. The number of rotatable bonds is 6. The van der Waals surface area contributed by atoms with Crippen molar-refractivity contribution in [3.8, 4) is 0 Å². The second kappa shape index (κ2) is 7.70. The number of carbonyl (C=O) groups excluding carboxylic acids is 2. The molecule has 0 radical (unpaired) electrons. The Morgan fingerprint density at radius 2 is 2.00 bits per heavy atom. The Balaban J connectivity index is 1.44. The molecule has 0 aliphatic heterocycles. The first-order chi connectivity index (χ1) is 11.7. The lowest BCUT2D eigenvalue weighted by molar-refractivity contribution is -0.116. The van der Waals surface area contributed by atoms with Gasteiger partial charge in [0.25, 0.3) is 5.91 Å². The van der Waals surface area contributed by atoms with Gasteiger partial charge >= 0.3 is 0 Å². The Labute approximate surface area is 143 Å². The van der Waals surface area contributed by atoms with Crippen LogP contribution in [0.5, 0.6) is 0 Å². The normalized spacial score (nSPS) is 10.5. The Morgan fingerprint density at radius 3 is 2.83 bits per heavy atom. The Kier molecular flexibility index (Phi) is 5.18. The molecular weight excluding hydrogens is 322 g/mol. The zero-order valence-corrected chi connectivity index (χ0v) is 13.8. The molecule has 2 aromatic heterocycles. The third kappa shape index (κ3) is 4.17. The summed E-state index contributed by atoms with van der Waals surface area (Å²) in [5.41, 5.74) is 1.58. The number of hydrogen-bond acceptors (Lipinski definition) is 4. The van der Waals surface area contributed by atoms with Crippen LogP contribution >= 0.6 is 11.3 Å². The minimum absolute atomic E-state index is 0.0857. The number of nitrogens with one attached hydrogen (secondary N) is 2. The molecule has 3 aromatic rings. The summed E-state index contributed by atoms with van der Waals surface area (Å²) < 4.78 is 0. The van der Waals surface area contributed by atoms with Gasteiger partial charge in [0, 0.05) is 18.4 Å². The van der Waals surface area contributed by atoms with Crippen molar-refractivity contribution in [1.82, 2.24) is 10.3 Å². The van der Waals surface area contributed by atoms with Crippen molar-refractivity contribution in [3.63, 3.8) is 0 Å². The summed E-state index contributed by atoms with van der Waals surface area (Å²) in [5, 5.41) is 8.49. The first-order valence-electron chi connectivity index (χ1n) is 7.69. The molecule has 2 amide bonds. The van der Waals surface area contributed by atoms with Crippen molar-refractivity contribution < 1.29 is 9.59 Å². The minimum atomic E-state index is -0.0934. The molecule has 0 fully saturated rings. The molecule has 0 aliphatic rings. The van der Waals surface area contributed by atoms with Crippen LogP contribution in [0.1, 0.15) is 22.5 Å². The highest BCUT2D eigenvalue weighted by Crippen LogP contribution is 2.16. The summed E-state index contributed by atoms with van der Waals surface area (Å²) in [6.45, 7) is 0.472. The van der Waals surface area contributed by atoms with Crippen molar-refractivity contribution >= 4 is 39.7 Å². The smallest absolute Gasteiger partial charge is 0.261 e. The summed E-state index contributed by atoms with van der Waals surface area (Å²) in [5.74, 6) is -0.179. The highest BCUT2D eigenvalue weighted by molar-refractivity contribution is 7.12. The van der Waals surface area contributed by atoms with Gasteiger partial charge in [0.15, 0.2) is 0 Å². The van der Waals surface area contributed by atoms with Gasteiger partial charge in [0.1, 0.15) is 0 Å². The van der Waals surface area contributed by atoms with E-state index in [-0.39, 0.29) is 11.8 Å². The molecule has 0 bridgehead atoms. The fourth-order valence-electron chi connectivity index (χ4n) is 2.31. The van der Waals surface area contributed by atoms with Crippen LogP contribution in [0.3, 0.4) is 0 Å². The molecule has 3 rings (SSSR count). The Morgan fingerprint density at radius 1 is 1.12 bits per heavy atom. The Hall–Kier alpha value is -2.73. The summed E-state index contributed by atoms with van der Waals surface area (Å²) in [4.78, 5) is 28.7. The maximum atomic E-state index is 12.0. The number of amides is 2. The molecule has 0 saturated carbocycles. The van der Waals surface area contributed by atoms with Crippen molar-refractivity contribution in [3.05, 3.63) is 58.9 Å². The maximum Gasteiger partial charge on any atom is 0.261 e. The third-order valence-electron chi connectivity index (χ3n) is 3.49. The van der Waals surface area contributed by atoms with E-state index in [2.05, 4.69) is 15.6 Å². The van der Waals surface area contributed by atoms with Crippen LogP contribution in [-0.2, 0) is 4.79 Å². The van der Waals surface area contributed by atoms with E-state index in [1.54, 1.807) is 12.3 Å². The van der Waals surface area contributed by atoms with Gasteiger partial charge in [-0.15, -0.1) is 11.3 Å². The van der Waals surface area contributed by atoms with Crippen molar-refractivity contribution in [2.75, 3.05) is 11.9 Å². The van der Waals surface area contributed by atoms with Gasteiger partial charge in [-0.2, -0.15) is 0 Å². The number of aromatic nitrogens is 1. The van der Waals surface area contributed by atoms with Crippen LogP contribution in [0.4, 0.5) is 5.69 Å². The average molecular weight is 339 g/mol. The minimum Gasteiger partial charge on any atom is -0.351 e. The number of carbonyl (C=O) groups is 2. The SMILES string of the molecule is O=C(CCCNC(=O)c1cccs1)Nc1cnc2ccccc2c1. The average Bonchev–Trinajstić information content (AvgIpc) is 3.13. The Bertz CT molecular complexity index is 846. The molecule has 0 saturated heterocycles. The fourth-order valence-corrected chi connectivity index (χ4v) is 2.95. The van der Waals surface area contributed by atoms with Crippen molar-refractivity contribution in [2.24, 2.45) is 0 Å². The lowest BCUT2D eigenvalue weighted by Gasteiger charge is -2.07. The lowest BCUT2D eigenvalue weighted by Crippen LogP contribution is -2.24. The van der Waals surface area contributed by atoms with E-state index in [1.165, 1.54) is 11.3 Å². The number of nitrogens with zero attached hydrogens (tertiary/aromatic N) is 1. The highest BCUT2D eigenvalue weighted by Gasteiger charge is 2.07. The number of para-hydroxylation sites is 1. The highest BCUT2D eigenvalue weighted by atomic mass is 32.1. The molecule has 122 valence electrons. The first-order valence-corrected chi connectivity index (χ1v) is 8.57. The zero-order valence-electron chi connectivity index (χ0n) is 13.0. The molecule has 0 atom stereocenters. The quantitative estimate of drug-likeness (QED) is 0.676. The van der Waals surface area contributed by atoms with Gasteiger partial charge in [0.05, 0.1) is 22.3 Å². The van der Waals surface area contributed by atoms with E-state index < -0.39 is 0 Å². The number of fused-ring (bicyclic) bond motifs is 1. The van der Waals surface area contributed by atoms with Crippen molar-refractivity contribution in [2.45, 2.75) is 12.8 Å². The molecule has 2 N–H and O–H groups in total. The van der Waals surface area contributed by atoms with Crippen LogP contribution in [-0.4, -0.2) is 23.3 Å². The molecule has 5 nitrogen and oxygen atoms in total. The van der Waals surface area contributed by atoms with Gasteiger partial charge in [-0.05, 0) is 30.0 Å². The van der Waals surface area contributed by atoms with Gasteiger partial charge in [-0.3, -0.25) is 14.6 Å². The summed E-state index contributed by atoms with van der Waals surface area (Å²) in [7, 11) is 0. The van der Waals surface area contributed by atoms with E-state index in [0.29, 0.717) is 30.0 Å². The van der Waals surface area contributed by atoms with E-state index in [4.69, 9.17) is 0 Å². The maximum absolute atomic E-state index is 12.0. The predicted molar refractivity (Wildman–Crippen MR) is 96.3 cm³/mol. The van der Waals surface area contributed by atoms with Gasteiger partial charge in [-0.1, -0.05) is 24.3 Å². The van der Waals surface area contributed by atoms with E-state index >= 15 is 0 Å². The van der Waals surface area contributed by atoms with Crippen LogP contribution in [0.25, 0.3) is 10.9 Å². The number of benzene rings is 1. The fraction of sp³-hybridized carbons (Fsp3) is 0.167. The molecule has 24 heavy (non-hydrogen) atoms. The van der Waals surface area contributed by atoms with E-state index in [0.717, 1.165) is 10.9 Å². The van der Waals surface area contributed by atoms with Crippen molar-refractivity contribution in [1.29, 1.82) is 0 Å². The summed E-state index contributed by atoms with van der Waals surface area (Å²) in [6.07, 6.45) is 2.58. The van der Waals surface area contributed by atoms with E-state index in [9.17, 15) is 9.59 Å². The van der Waals surface area contributed by atoms with Crippen LogP contribution in [0.2, 0.25) is 0 Å². The second-order valence-electron chi connectivity index (χ2n) is 5.30. The third-order valence-corrected chi connectivity index (χ3v) is 4.35. The molecule has 0 spiro atoms. The molecule has 0 aliphatic carbocycles. The number of anilines is 1. The van der Waals surface area contributed by atoms with Gasteiger partial charge < -0.3 is 10.6 Å². The lowest BCUT2D eigenvalue weighted by atomic mass is 10.2. The summed E-state index contributed by atoms with van der Waals surface area (Å²) >= 11 is 1.40. The van der Waals surface area contributed by atoms with Crippen LogP contribution in [0.15, 0.2) is 54.0 Å². The standard InChI is InChI=1S/C18H17N3O2S/c22-17(8-3-9-19-18(23)16-7-4-10-24-16)21-14-11-13-5-1-2-6-15(13)20-12-14/h1-2,4-7,10-12H,3,8-9H2,(H,19,23)(H,21,22). The molecular formula is C18H17N3O2S. The molecule has 2 heterocycles. The van der Waals surface area contributed by atoms with Gasteiger partial charge in [-0.25, -0.2) is 0 Å². The number of thiophene rings is 1. The number of pyridine rings is 1. The van der Waals surface area contributed by atoms with E-state index in [1.807, 2.05) is 41.8 Å². The van der Waals surface area contributed by atoms with Crippen LogP contribution < -0.4 is 10.6 Å². The molecule has 1 aromatic carbocycles. The van der Waals surface area contributed by atoms with Crippen LogP contribution in [0, 0.1) is 0 Å². The second-order valence-corrected chi connectivity index (χ2v) is 6.25. The topological polar surface area (TPSA) is 71.1 Å². The monoisotopic (exact) mass is 339 g/mol. The molecule has 0 unspecified atom stereocenters. The largest absolute Gasteiger partial charge is 0.351 e. The zero-order chi connectivity index (χ0) is 16.8. The number of hydrogen-bond donors (Lipinski definition) is 2. The molecule has 6 heteroatoms. The first kappa shape index (κ1) is 16.1.